The average molecular weight is 703 g/mol. The predicted octanol–water partition coefficient (Wildman–Crippen LogP) is 12.7. The van der Waals surface area contributed by atoms with Gasteiger partial charge in [-0.3, -0.25) is 0 Å². The van der Waals surface area contributed by atoms with E-state index in [9.17, 15) is 0 Å². The fraction of sp³-hybridized carbons (Fsp3) is 0.240. The molecule has 4 nitrogen and oxygen atoms in total. The highest BCUT2D eigenvalue weighted by molar-refractivity contribution is 6.24. The molecular weight excluding hydrogens is 657 g/mol. The molecule has 0 unspecified atom stereocenters. The van der Waals surface area contributed by atoms with Gasteiger partial charge in [-0.1, -0.05) is 84.9 Å². The van der Waals surface area contributed by atoms with E-state index in [0.717, 1.165) is 39.0 Å². The van der Waals surface area contributed by atoms with Crippen molar-refractivity contribution in [2.24, 2.45) is 0 Å². The zero-order valence-corrected chi connectivity index (χ0v) is 31.0. The highest BCUT2D eigenvalue weighted by Crippen LogP contribution is 2.55. The molecule has 4 aliphatic heterocycles. The normalized spacial score (nSPS) is 16.6. The van der Waals surface area contributed by atoms with E-state index in [2.05, 4.69) is 153 Å². The summed E-state index contributed by atoms with van der Waals surface area (Å²) in [7, 11) is 0. The molecule has 4 aliphatic rings. The van der Waals surface area contributed by atoms with Gasteiger partial charge in [0, 0.05) is 94.7 Å². The zero-order chi connectivity index (χ0) is 35.6. The third-order valence-electron chi connectivity index (χ3n) is 12.6. The molecule has 0 atom stereocenters. The van der Waals surface area contributed by atoms with Crippen LogP contribution < -0.4 is 19.6 Å². The summed E-state index contributed by atoms with van der Waals surface area (Å²) in [6.45, 7) is 4.46. The van der Waals surface area contributed by atoms with Crippen molar-refractivity contribution in [3.8, 4) is 0 Å². The first-order valence-electron chi connectivity index (χ1n) is 20.3. The van der Waals surface area contributed by atoms with Crippen molar-refractivity contribution < 1.29 is 0 Å². The maximum Gasteiger partial charge on any atom is 0.0621 e. The Morgan fingerprint density at radius 3 is 1.00 bits per heavy atom. The largest absolute Gasteiger partial charge is 0.372 e. The number of fused-ring (bicyclic) bond motifs is 6. The van der Waals surface area contributed by atoms with Gasteiger partial charge in [0.05, 0.1) is 11.4 Å². The van der Waals surface area contributed by atoms with Gasteiger partial charge >= 0.3 is 0 Å². The number of rotatable bonds is 4. The minimum absolute atomic E-state index is 0.941. The van der Waals surface area contributed by atoms with Gasteiger partial charge in [0.1, 0.15) is 0 Å². The summed E-state index contributed by atoms with van der Waals surface area (Å²) < 4.78 is 0. The molecule has 0 amide bonds. The first-order valence-corrected chi connectivity index (χ1v) is 20.3. The van der Waals surface area contributed by atoms with E-state index in [-0.39, 0.29) is 0 Å². The highest BCUT2D eigenvalue weighted by atomic mass is 15.2. The fourth-order valence-corrected chi connectivity index (χ4v) is 10.0. The van der Waals surface area contributed by atoms with E-state index in [1.165, 1.54) is 128 Å². The van der Waals surface area contributed by atoms with E-state index in [1.807, 2.05) is 0 Å². The van der Waals surface area contributed by atoms with Crippen molar-refractivity contribution in [3.05, 3.63) is 156 Å². The van der Waals surface area contributed by atoms with Crippen LogP contribution in [0, 0.1) is 0 Å². The molecule has 54 heavy (non-hydrogen) atoms. The number of benzene rings is 7. The first-order chi connectivity index (χ1) is 26.8. The number of piperidine rings is 2. The summed E-state index contributed by atoms with van der Waals surface area (Å²) in [4.78, 5) is 10.5. The Balaban J connectivity index is 1.29. The Kier molecular flexibility index (Phi) is 7.64. The maximum absolute atomic E-state index is 2.62. The third-order valence-corrected chi connectivity index (χ3v) is 12.6. The molecule has 7 aromatic rings. The number of hydrogen-bond acceptors (Lipinski definition) is 4. The summed E-state index contributed by atoms with van der Waals surface area (Å²) in [5, 5.41) is 5.19. The molecule has 11 rings (SSSR count). The number of anilines is 8. The van der Waals surface area contributed by atoms with Crippen molar-refractivity contribution in [2.75, 3.05) is 45.8 Å². The molecule has 4 heterocycles. The van der Waals surface area contributed by atoms with Gasteiger partial charge in [-0.05, 0) is 109 Å². The van der Waals surface area contributed by atoms with Crippen LogP contribution in [0.5, 0.6) is 0 Å². The Morgan fingerprint density at radius 2 is 0.648 bits per heavy atom. The van der Waals surface area contributed by atoms with Gasteiger partial charge in [-0.25, -0.2) is 0 Å². The quantitative estimate of drug-likeness (QED) is 0.169. The topological polar surface area (TPSA) is 13.0 Å². The Bertz CT molecular complexity index is 2290. The third kappa shape index (κ3) is 5.10. The monoisotopic (exact) mass is 702 g/mol. The van der Waals surface area contributed by atoms with Crippen LogP contribution in [0.3, 0.4) is 0 Å². The van der Waals surface area contributed by atoms with E-state index in [1.54, 1.807) is 0 Å². The molecule has 7 aromatic carbocycles. The molecule has 0 spiro atoms. The minimum atomic E-state index is 0.941. The lowest BCUT2D eigenvalue weighted by molar-refractivity contribution is 0.578. The molecule has 266 valence electrons. The van der Waals surface area contributed by atoms with Gasteiger partial charge in [0.25, 0.3) is 0 Å². The van der Waals surface area contributed by atoms with Crippen LogP contribution in [0.1, 0.15) is 60.8 Å². The van der Waals surface area contributed by atoms with Crippen LogP contribution in [0.25, 0.3) is 21.5 Å². The molecule has 0 aromatic heterocycles. The average Bonchev–Trinajstić information content (AvgIpc) is 3.24. The van der Waals surface area contributed by atoms with Gasteiger partial charge in [-0.15, -0.1) is 0 Å². The van der Waals surface area contributed by atoms with Crippen molar-refractivity contribution >= 4 is 67.0 Å². The van der Waals surface area contributed by atoms with Gasteiger partial charge in [0.15, 0.2) is 0 Å². The summed E-state index contributed by atoms with van der Waals surface area (Å²) >= 11 is 0. The second-order valence-electron chi connectivity index (χ2n) is 15.8. The lowest BCUT2D eigenvalue weighted by atomic mass is 9.89. The molecule has 0 aliphatic carbocycles. The first kappa shape index (κ1) is 31.8. The van der Waals surface area contributed by atoms with Crippen LogP contribution >= 0.6 is 0 Å². The van der Waals surface area contributed by atoms with Crippen LogP contribution in [-0.4, -0.2) is 26.2 Å². The minimum Gasteiger partial charge on any atom is -0.372 e. The van der Waals surface area contributed by atoms with Gasteiger partial charge in [-0.2, -0.15) is 0 Å². The Hall–Kier alpha value is -5.74. The molecule has 2 saturated heterocycles. The summed E-state index contributed by atoms with van der Waals surface area (Å²) in [6.07, 6.45) is 9.52. The molecule has 0 bridgehead atoms. The summed E-state index contributed by atoms with van der Waals surface area (Å²) in [5.41, 5.74) is 15.8. The zero-order valence-electron chi connectivity index (χ0n) is 31.0. The van der Waals surface area contributed by atoms with E-state index in [4.69, 9.17) is 0 Å². The van der Waals surface area contributed by atoms with Gasteiger partial charge in [0.2, 0.25) is 0 Å². The molecule has 2 fully saturated rings. The van der Waals surface area contributed by atoms with E-state index in [0.29, 0.717) is 0 Å². The van der Waals surface area contributed by atoms with E-state index < -0.39 is 0 Å². The van der Waals surface area contributed by atoms with Crippen LogP contribution in [0.4, 0.5) is 45.5 Å². The Labute approximate surface area is 318 Å². The smallest absolute Gasteiger partial charge is 0.0621 e. The van der Waals surface area contributed by atoms with Crippen molar-refractivity contribution in [3.63, 3.8) is 0 Å². The second-order valence-corrected chi connectivity index (χ2v) is 15.8. The standard InChI is InChI=1S/C50H46N4/c1-11-27-51(28-12-1)39-23-25-41-43(33-39)49(53-45-19-7-3-15-35(45)31-36-16-4-8-20-46(36)53)42-26-24-40(52-29-13-2-14-30-52)34-44(42)50(41)54-47-21-9-5-17-37(47)32-38-18-6-10-22-48(38)54/h3-10,15-26,33-34H,1-2,11-14,27-32H2. The number of hydrogen-bond donors (Lipinski definition) is 0. The van der Waals surface area contributed by atoms with Crippen LogP contribution in [-0.2, 0) is 12.8 Å². The Morgan fingerprint density at radius 1 is 0.315 bits per heavy atom. The second kappa shape index (κ2) is 13.0. The number of para-hydroxylation sites is 4. The molecular formula is C50H46N4. The maximum atomic E-state index is 2.62. The molecule has 0 radical (unpaired) electrons. The summed E-state index contributed by atoms with van der Waals surface area (Å²) in [6, 6.07) is 51.2. The SMILES string of the molecule is c1ccc2c(c1)Cc1ccccc1N2c1c2ccc(N3CCCCC3)cc2c(N2c3ccccc3Cc3ccccc32)c2ccc(N3CCCCC3)cc12. The van der Waals surface area contributed by atoms with E-state index >= 15 is 0 Å². The van der Waals surface area contributed by atoms with Gasteiger partial charge < -0.3 is 19.6 Å². The highest BCUT2D eigenvalue weighted by Gasteiger charge is 2.32. The molecule has 0 saturated carbocycles. The summed E-state index contributed by atoms with van der Waals surface area (Å²) in [5.74, 6) is 0. The molecule has 4 heteroatoms. The van der Waals surface area contributed by atoms with Crippen molar-refractivity contribution in [1.82, 2.24) is 0 Å². The van der Waals surface area contributed by atoms with Crippen molar-refractivity contribution in [2.45, 2.75) is 51.4 Å². The fourth-order valence-electron chi connectivity index (χ4n) is 10.0. The van der Waals surface area contributed by atoms with Crippen LogP contribution in [0.2, 0.25) is 0 Å². The lowest BCUT2D eigenvalue weighted by Crippen LogP contribution is -2.29. The lowest BCUT2D eigenvalue weighted by Gasteiger charge is -2.39. The molecule has 0 N–H and O–H groups in total. The number of nitrogens with zero attached hydrogens (tertiary/aromatic N) is 4. The predicted molar refractivity (Wildman–Crippen MR) is 229 cm³/mol. The van der Waals surface area contributed by atoms with Crippen molar-refractivity contribution in [1.29, 1.82) is 0 Å². The van der Waals surface area contributed by atoms with Crippen LogP contribution in [0.15, 0.2) is 133 Å².